The topological polar surface area (TPSA) is 101 Å². The summed E-state index contributed by atoms with van der Waals surface area (Å²) in [4.78, 5) is 15.2. The SMILES string of the molecule is CC1=C(NC(N)=O)N(c2ccccc2)N(c2nc(C(F)(F)F)no2)C1c1ccc(F)cc1. The number of hydrogen-bond acceptors (Lipinski definition) is 6. The van der Waals surface area contributed by atoms with Gasteiger partial charge in [0.05, 0.1) is 5.69 Å². The molecule has 4 rings (SSSR count). The average Bonchev–Trinajstić information content (AvgIpc) is 3.33. The van der Waals surface area contributed by atoms with Gasteiger partial charge in [-0.3, -0.25) is 5.32 Å². The smallest absolute Gasteiger partial charge is 0.351 e. The van der Waals surface area contributed by atoms with Crippen LogP contribution in [0.25, 0.3) is 0 Å². The van der Waals surface area contributed by atoms with Gasteiger partial charge in [0, 0.05) is 0 Å². The summed E-state index contributed by atoms with van der Waals surface area (Å²) >= 11 is 0. The molecular formula is C20H16F4N6O2. The van der Waals surface area contributed by atoms with Crippen LogP contribution in [0.5, 0.6) is 0 Å². The Morgan fingerprint density at radius 2 is 1.78 bits per heavy atom. The number of anilines is 2. The van der Waals surface area contributed by atoms with E-state index in [9.17, 15) is 22.4 Å². The number of carbonyl (C=O) groups is 1. The zero-order chi connectivity index (χ0) is 23.0. The van der Waals surface area contributed by atoms with Crippen LogP contribution in [0.2, 0.25) is 0 Å². The summed E-state index contributed by atoms with van der Waals surface area (Å²) < 4.78 is 58.0. The fourth-order valence-corrected chi connectivity index (χ4v) is 3.45. The lowest BCUT2D eigenvalue weighted by atomic mass is 10.0. The van der Waals surface area contributed by atoms with Crippen molar-refractivity contribution in [2.45, 2.75) is 19.1 Å². The standard InChI is InChI=1S/C20H16F4N6O2/c1-11-15(12-7-9-13(21)10-8-12)30(19-27-17(28-32-19)20(22,23)24)29(16(11)26-18(25)31)14-5-3-2-4-6-14/h2-10,15H,1H3,(H3,25,26,31). The third kappa shape index (κ3) is 3.82. The molecule has 1 aromatic heterocycles. The number of nitrogens with two attached hydrogens (primary N) is 1. The predicted molar refractivity (Wildman–Crippen MR) is 105 cm³/mol. The first kappa shape index (κ1) is 21.2. The van der Waals surface area contributed by atoms with Crippen LogP contribution in [0.4, 0.5) is 34.1 Å². The highest BCUT2D eigenvalue weighted by Crippen LogP contribution is 2.44. The lowest BCUT2D eigenvalue weighted by molar-refractivity contribution is -0.146. The summed E-state index contributed by atoms with van der Waals surface area (Å²) in [6.07, 6.45) is -4.83. The van der Waals surface area contributed by atoms with E-state index in [0.29, 0.717) is 16.8 Å². The maximum atomic E-state index is 13.5. The molecule has 0 aliphatic carbocycles. The first-order valence-corrected chi connectivity index (χ1v) is 9.24. The lowest BCUT2D eigenvalue weighted by Gasteiger charge is -2.33. The van der Waals surface area contributed by atoms with Gasteiger partial charge in [-0.05, 0) is 47.5 Å². The van der Waals surface area contributed by atoms with Crippen LogP contribution in [0.3, 0.4) is 0 Å². The summed E-state index contributed by atoms with van der Waals surface area (Å²) in [5.74, 6) is -1.77. The lowest BCUT2D eigenvalue weighted by Crippen LogP contribution is -2.44. The van der Waals surface area contributed by atoms with Gasteiger partial charge in [-0.2, -0.15) is 18.2 Å². The van der Waals surface area contributed by atoms with Crippen LogP contribution >= 0.6 is 0 Å². The molecule has 32 heavy (non-hydrogen) atoms. The van der Waals surface area contributed by atoms with E-state index in [0.717, 1.165) is 0 Å². The fraction of sp³-hybridized carbons (Fsp3) is 0.150. The molecule has 0 bridgehead atoms. The minimum Gasteiger partial charge on any atom is -0.351 e. The number of halogens is 4. The van der Waals surface area contributed by atoms with E-state index >= 15 is 0 Å². The highest BCUT2D eigenvalue weighted by atomic mass is 19.4. The van der Waals surface area contributed by atoms with Gasteiger partial charge in [0.25, 0.3) is 5.82 Å². The number of rotatable bonds is 4. The molecule has 3 N–H and O–H groups in total. The average molecular weight is 448 g/mol. The van der Waals surface area contributed by atoms with Crippen molar-refractivity contribution in [1.29, 1.82) is 0 Å². The largest absolute Gasteiger partial charge is 0.455 e. The van der Waals surface area contributed by atoms with Gasteiger partial charge in [0.2, 0.25) is 0 Å². The minimum absolute atomic E-state index is 0.185. The van der Waals surface area contributed by atoms with E-state index in [1.54, 1.807) is 37.3 Å². The third-order valence-corrected chi connectivity index (χ3v) is 4.75. The van der Waals surface area contributed by atoms with Crippen LogP contribution < -0.4 is 21.1 Å². The Morgan fingerprint density at radius 1 is 1.12 bits per heavy atom. The van der Waals surface area contributed by atoms with E-state index in [1.165, 1.54) is 34.3 Å². The van der Waals surface area contributed by atoms with Gasteiger partial charge in [-0.15, -0.1) is 0 Å². The molecule has 0 spiro atoms. The summed E-state index contributed by atoms with van der Waals surface area (Å²) in [5.41, 5.74) is 6.80. The summed E-state index contributed by atoms with van der Waals surface area (Å²) in [5, 5.41) is 8.24. The van der Waals surface area contributed by atoms with E-state index in [1.807, 2.05) is 0 Å². The van der Waals surface area contributed by atoms with E-state index in [2.05, 4.69) is 15.5 Å². The van der Waals surface area contributed by atoms with Gasteiger partial charge >= 0.3 is 18.2 Å². The normalized spacial score (nSPS) is 16.6. The first-order chi connectivity index (χ1) is 15.2. The highest BCUT2D eigenvalue weighted by molar-refractivity contribution is 5.77. The van der Waals surface area contributed by atoms with Crippen molar-refractivity contribution in [2.75, 3.05) is 10.0 Å². The molecule has 1 aliphatic heterocycles. The number of aromatic nitrogens is 2. The molecular weight excluding hydrogens is 432 g/mol. The number of urea groups is 1. The molecule has 1 atom stereocenters. The summed E-state index contributed by atoms with van der Waals surface area (Å²) in [7, 11) is 0. The highest BCUT2D eigenvalue weighted by Gasteiger charge is 2.45. The summed E-state index contributed by atoms with van der Waals surface area (Å²) in [6, 6.07) is 11.6. The van der Waals surface area contributed by atoms with Crippen LogP contribution in [-0.2, 0) is 6.18 Å². The van der Waals surface area contributed by atoms with Gasteiger partial charge in [0.1, 0.15) is 17.7 Å². The number of hydrazine groups is 1. The Balaban J connectivity index is 1.92. The molecule has 2 heterocycles. The quantitative estimate of drug-likeness (QED) is 0.583. The molecule has 2 amide bonds. The van der Waals surface area contributed by atoms with Crippen molar-refractivity contribution in [1.82, 2.24) is 15.5 Å². The second-order valence-electron chi connectivity index (χ2n) is 6.87. The number of carbonyl (C=O) groups excluding carboxylic acids is 1. The van der Waals surface area contributed by atoms with E-state index in [-0.39, 0.29) is 5.82 Å². The van der Waals surface area contributed by atoms with Crippen LogP contribution in [0.1, 0.15) is 24.4 Å². The van der Waals surface area contributed by atoms with Crippen LogP contribution in [0, 0.1) is 5.82 Å². The molecule has 0 fully saturated rings. The van der Waals surface area contributed by atoms with Crippen molar-refractivity contribution < 1.29 is 26.9 Å². The molecule has 0 radical (unpaired) electrons. The predicted octanol–water partition coefficient (Wildman–Crippen LogP) is 4.11. The molecule has 1 aliphatic rings. The van der Waals surface area contributed by atoms with Crippen molar-refractivity contribution in [2.24, 2.45) is 5.73 Å². The van der Waals surface area contributed by atoms with Crippen LogP contribution in [-0.4, -0.2) is 16.2 Å². The van der Waals surface area contributed by atoms with Gasteiger partial charge in [-0.25, -0.2) is 19.2 Å². The summed E-state index contributed by atoms with van der Waals surface area (Å²) in [6.45, 7) is 1.65. The first-order valence-electron chi connectivity index (χ1n) is 9.24. The Morgan fingerprint density at radius 3 is 2.34 bits per heavy atom. The number of benzene rings is 2. The fourth-order valence-electron chi connectivity index (χ4n) is 3.45. The van der Waals surface area contributed by atoms with E-state index in [4.69, 9.17) is 10.3 Å². The van der Waals surface area contributed by atoms with Crippen molar-refractivity contribution in [3.05, 3.63) is 83.2 Å². The number of amides is 2. The van der Waals surface area contributed by atoms with Crippen molar-refractivity contribution in [3.8, 4) is 0 Å². The van der Waals surface area contributed by atoms with Crippen molar-refractivity contribution in [3.63, 3.8) is 0 Å². The van der Waals surface area contributed by atoms with Crippen molar-refractivity contribution >= 4 is 17.7 Å². The number of nitrogens with zero attached hydrogens (tertiary/aromatic N) is 4. The molecule has 12 heteroatoms. The van der Waals surface area contributed by atoms with E-state index < -0.39 is 35.9 Å². The zero-order valence-corrected chi connectivity index (χ0v) is 16.5. The molecule has 0 saturated heterocycles. The third-order valence-electron chi connectivity index (χ3n) is 4.75. The Labute approximate surface area is 178 Å². The molecule has 0 saturated carbocycles. The zero-order valence-electron chi connectivity index (χ0n) is 16.5. The van der Waals surface area contributed by atoms with Gasteiger partial charge in [0.15, 0.2) is 0 Å². The molecule has 166 valence electrons. The van der Waals surface area contributed by atoms with Gasteiger partial charge < -0.3 is 10.3 Å². The number of hydrogen-bond donors (Lipinski definition) is 2. The van der Waals surface area contributed by atoms with Crippen LogP contribution in [0.15, 0.2) is 70.5 Å². The molecule has 2 aromatic carbocycles. The minimum atomic E-state index is -4.83. The number of para-hydroxylation sites is 1. The number of primary amides is 1. The Kier molecular flexibility index (Phi) is 5.20. The Hall–Kier alpha value is -4.09. The Bertz CT molecular complexity index is 1160. The molecule has 1 unspecified atom stereocenters. The molecule has 8 nitrogen and oxygen atoms in total. The number of alkyl halides is 3. The second-order valence-corrected chi connectivity index (χ2v) is 6.87. The molecule has 3 aromatic rings. The maximum absolute atomic E-state index is 13.5. The monoisotopic (exact) mass is 448 g/mol. The number of nitrogens with one attached hydrogen (secondary N) is 1. The second kappa shape index (κ2) is 7.87. The van der Waals surface area contributed by atoms with Gasteiger partial charge in [-0.1, -0.05) is 30.3 Å². The maximum Gasteiger partial charge on any atom is 0.455 e.